The summed E-state index contributed by atoms with van der Waals surface area (Å²) in [5, 5.41) is 3.61. The summed E-state index contributed by atoms with van der Waals surface area (Å²) in [7, 11) is 0. The van der Waals surface area contributed by atoms with Crippen molar-refractivity contribution in [3.05, 3.63) is 39.5 Å². The van der Waals surface area contributed by atoms with Crippen LogP contribution in [-0.4, -0.2) is 42.3 Å². The normalized spacial score (nSPS) is 16.5. The van der Waals surface area contributed by atoms with Crippen molar-refractivity contribution < 1.29 is 19.1 Å². The fraction of sp³-hybridized carbons (Fsp3) is 0.500. The average molecular weight is 391 g/mol. The Morgan fingerprint density at radius 1 is 1.26 bits per heavy atom. The molecular formula is C20H26N2O4S. The molecule has 1 fully saturated rings. The standard InChI is InChI=1S/C20H26N2O4S/c1-12-7-8-13(2)22(12)19-18(14(3)15(4)27-19)20(24)26-11-17(23)21-10-16-6-5-9-25-16/h7-8,16H,5-6,9-11H2,1-4H3,(H,21,23)/t16-/m1/s1. The second-order valence-corrected chi connectivity index (χ2v) is 8.13. The summed E-state index contributed by atoms with van der Waals surface area (Å²) in [5.74, 6) is -0.773. The SMILES string of the molecule is Cc1sc(-n2c(C)ccc2C)c(C(=O)OCC(=O)NC[C@H]2CCCO2)c1C. The number of aryl methyl sites for hydroxylation is 3. The number of esters is 1. The van der Waals surface area contributed by atoms with E-state index in [0.29, 0.717) is 12.1 Å². The van der Waals surface area contributed by atoms with E-state index in [1.54, 1.807) is 11.3 Å². The molecule has 2 aromatic heterocycles. The molecule has 0 aromatic carbocycles. The zero-order chi connectivity index (χ0) is 19.6. The quantitative estimate of drug-likeness (QED) is 0.769. The topological polar surface area (TPSA) is 69.6 Å². The summed E-state index contributed by atoms with van der Waals surface area (Å²) in [4.78, 5) is 25.8. The lowest BCUT2D eigenvalue weighted by Gasteiger charge is -2.12. The van der Waals surface area contributed by atoms with Crippen molar-refractivity contribution in [1.82, 2.24) is 9.88 Å². The predicted octanol–water partition coefficient (Wildman–Crippen LogP) is 3.22. The zero-order valence-electron chi connectivity index (χ0n) is 16.3. The van der Waals surface area contributed by atoms with Crippen molar-refractivity contribution in [2.75, 3.05) is 19.8 Å². The molecule has 2 aromatic rings. The maximum absolute atomic E-state index is 12.7. The summed E-state index contributed by atoms with van der Waals surface area (Å²) in [6.07, 6.45) is 2.04. The fourth-order valence-electron chi connectivity index (χ4n) is 3.28. The number of hydrogen-bond donors (Lipinski definition) is 1. The van der Waals surface area contributed by atoms with Crippen LogP contribution in [0.25, 0.3) is 5.00 Å². The summed E-state index contributed by atoms with van der Waals surface area (Å²) < 4.78 is 12.8. The van der Waals surface area contributed by atoms with Gasteiger partial charge in [-0.25, -0.2) is 4.79 Å². The molecule has 27 heavy (non-hydrogen) atoms. The van der Waals surface area contributed by atoms with Crippen molar-refractivity contribution in [3.8, 4) is 5.00 Å². The van der Waals surface area contributed by atoms with Crippen molar-refractivity contribution >= 4 is 23.2 Å². The van der Waals surface area contributed by atoms with Gasteiger partial charge in [0.05, 0.1) is 11.7 Å². The molecule has 1 aliphatic heterocycles. The van der Waals surface area contributed by atoms with Crippen LogP contribution in [0, 0.1) is 27.7 Å². The maximum atomic E-state index is 12.7. The smallest absolute Gasteiger partial charge is 0.341 e. The minimum Gasteiger partial charge on any atom is -0.452 e. The first-order valence-corrected chi connectivity index (χ1v) is 10.0. The summed E-state index contributed by atoms with van der Waals surface area (Å²) >= 11 is 1.56. The van der Waals surface area contributed by atoms with Crippen LogP contribution in [0.1, 0.15) is 45.0 Å². The van der Waals surface area contributed by atoms with Gasteiger partial charge in [0, 0.05) is 29.4 Å². The number of ether oxygens (including phenoxy) is 2. The van der Waals surface area contributed by atoms with Crippen LogP contribution >= 0.6 is 11.3 Å². The van der Waals surface area contributed by atoms with Crippen molar-refractivity contribution in [2.45, 2.75) is 46.6 Å². The van der Waals surface area contributed by atoms with Gasteiger partial charge in [0.25, 0.3) is 5.91 Å². The Kier molecular flexibility index (Phi) is 6.01. The van der Waals surface area contributed by atoms with Crippen LogP contribution in [-0.2, 0) is 14.3 Å². The first kappa shape index (κ1) is 19.6. The Labute approximate surface area is 163 Å². The van der Waals surface area contributed by atoms with Gasteiger partial charge >= 0.3 is 5.97 Å². The van der Waals surface area contributed by atoms with E-state index in [4.69, 9.17) is 9.47 Å². The zero-order valence-corrected chi connectivity index (χ0v) is 17.1. The molecular weight excluding hydrogens is 364 g/mol. The highest BCUT2D eigenvalue weighted by atomic mass is 32.1. The third-order valence-electron chi connectivity index (χ3n) is 4.93. The van der Waals surface area contributed by atoms with Crippen molar-refractivity contribution in [2.24, 2.45) is 0 Å². The highest BCUT2D eigenvalue weighted by Crippen LogP contribution is 2.33. The fourth-order valence-corrected chi connectivity index (χ4v) is 4.55. The lowest BCUT2D eigenvalue weighted by atomic mass is 10.1. The van der Waals surface area contributed by atoms with Gasteiger partial charge in [-0.05, 0) is 58.2 Å². The number of thiophene rings is 1. The van der Waals surface area contributed by atoms with Gasteiger partial charge in [0.1, 0.15) is 5.00 Å². The van der Waals surface area contributed by atoms with Gasteiger partial charge in [0.15, 0.2) is 6.61 Å². The highest BCUT2D eigenvalue weighted by molar-refractivity contribution is 7.15. The van der Waals surface area contributed by atoms with Gasteiger partial charge in [-0.3, -0.25) is 4.79 Å². The van der Waals surface area contributed by atoms with Crippen LogP contribution in [0.5, 0.6) is 0 Å². The Balaban J connectivity index is 1.68. The molecule has 1 atom stereocenters. The summed E-state index contributed by atoms with van der Waals surface area (Å²) in [6, 6.07) is 4.04. The number of hydrogen-bond acceptors (Lipinski definition) is 5. The monoisotopic (exact) mass is 390 g/mol. The van der Waals surface area contributed by atoms with Crippen molar-refractivity contribution in [3.63, 3.8) is 0 Å². The molecule has 0 saturated carbocycles. The van der Waals surface area contributed by atoms with E-state index in [2.05, 4.69) is 9.88 Å². The van der Waals surface area contributed by atoms with E-state index in [0.717, 1.165) is 46.3 Å². The highest BCUT2D eigenvalue weighted by Gasteiger charge is 2.24. The van der Waals surface area contributed by atoms with Gasteiger partial charge in [0.2, 0.25) is 0 Å². The van der Waals surface area contributed by atoms with Crippen LogP contribution < -0.4 is 5.32 Å². The molecule has 1 N–H and O–H groups in total. The molecule has 1 aliphatic rings. The first-order valence-electron chi connectivity index (χ1n) is 9.19. The van der Waals surface area contributed by atoms with E-state index in [-0.39, 0.29) is 18.6 Å². The van der Waals surface area contributed by atoms with E-state index in [1.165, 1.54) is 0 Å². The third-order valence-corrected chi connectivity index (χ3v) is 6.12. The molecule has 146 valence electrons. The van der Waals surface area contributed by atoms with Gasteiger partial charge < -0.3 is 19.4 Å². The molecule has 0 spiro atoms. The molecule has 3 heterocycles. The molecule has 6 nitrogen and oxygen atoms in total. The Hall–Kier alpha value is -2.12. The molecule has 0 bridgehead atoms. The molecule has 1 saturated heterocycles. The number of amides is 1. The number of carbonyl (C=O) groups excluding carboxylic acids is 2. The van der Waals surface area contributed by atoms with Gasteiger partial charge in [-0.2, -0.15) is 0 Å². The lowest BCUT2D eigenvalue weighted by molar-refractivity contribution is -0.124. The van der Waals surface area contributed by atoms with Crippen LogP contribution in [0.4, 0.5) is 0 Å². The van der Waals surface area contributed by atoms with Crippen LogP contribution in [0.15, 0.2) is 12.1 Å². The maximum Gasteiger partial charge on any atom is 0.341 e. The summed E-state index contributed by atoms with van der Waals surface area (Å²) in [5.41, 5.74) is 3.54. The third kappa shape index (κ3) is 4.25. The Morgan fingerprint density at radius 2 is 1.96 bits per heavy atom. The Morgan fingerprint density at radius 3 is 2.59 bits per heavy atom. The number of nitrogens with zero attached hydrogens (tertiary/aromatic N) is 1. The van der Waals surface area contributed by atoms with Gasteiger partial charge in [-0.1, -0.05) is 0 Å². The average Bonchev–Trinajstić information content (AvgIpc) is 3.33. The van der Waals surface area contributed by atoms with E-state index in [9.17, 15) is 9.59 Å². The van der Waals surface area contributed by atoms with Crippen molar-refractivity contribution in [1.29, 1.82) is 0 Å². The minimum absolute atomic E-state index is 0.0673. The Bertz CT molecular complexity index is 827. The molecule has 1 amide bonds. The number of rotatable bonds is 6. The number of aromatic nitrogens is 1. The molecule has 3 rings (SSSR count). The molecule has 0 radical (unpaired) electrons. The largest absolute Gasteiger partial charge is 0.452 e. The van der Waals surface area contributed by atoms with Gasteiger partial charge in [-0.15, -0.1) is 11.3 Å². The first-order chi connectivity index (χ1) is 12.9. The molecule has 0 aliphatic carbocycles. The number of carbonyl (C=O) groups is 2. The number of nitrogens with one attached hydrogen (secondary N) is 1. The van der Waals surface area contributed by atoms with Crippen LogP contribution in [0.3, 0.4) is 0 Å². The van der Waals surface area contributed by atoms with E-state index < -0.39 is 5.97 Å². The minimum atomic E-state index is -0.466. The van der Waals surface area contributed by atoms with E-state index in [1.807, 2.05) is 39.8 Å². The molecule has 0 unspecified atom stereocenters. The van der Waals surface area contributed by atoms with E-state index >= 15 is 0 Å². The lowest BCUT2D eigenvalue weighted by Crippen LogP contribution is -2.34. The van der Waals surface area contributed by atoms with Crippen LogP contribution in [0.2, 0.25) is 0 Å². The second-order valence-electron chi connectivity index (χ2n) is 6.93. The second kappa shape index (κ2) is 8.27. The summed E-state index contributed by atoms with van der Waals surface area (Å²) in [6.45, 7) is 8.83. The predicted molar refractivity (Wildman–Crippen MR) is 105 cm³/mol. The molecule has 7 heteroatoms.